The van der Waals surface area contributed by atoms with Gasteiger partial charge in [0.2, 0.25) is 5.91 Å². The van der Waals surface area contributed by atoms with Crippen LogP contribution in [-0.2, 0) is 9.63 Å². The number of benzene rings is 1. The van der Waals surface area contributed by atoms with E-state index in [-0.39, 0.29) is 17.9 Å². The monoisotopic (exact) mass is 286 g/mol. The molecule has 1 aromatic rings. The van der Waals surface area contributed by atoms with E-state index in [0.717, 1.165) is 30.5 Å². The predicted octanol–water partition coefficient (Wildman–Crippen LogP) is 2.75. The van der Waals surface area contributed by atoms with Gasteiger partial charge in [-0.3, -0.25) is 4.79 Å². The van der Waals surface area contributed by atoms with Gasteiger partial charge in [0.15, 0.2) is 6.10 Å². The molecule has 0 radical (unpaired) electrons. The fourth-order valence-corrected chi connectivity index (χ4v) is 2.94. The highest BCUT2D eigenvalue weighted by Gasteiger charge is 2.31. The molecule has 1 fully saturated rings. The Morgan fingerprint density at radius 3 is 2.81 bits per heavy atom. The minimum absolute atomic E-state index is 0.0198. The van der Waals surface area contributed by atoms with Gasteiger partial charge in [-0.2, -0.15) is 0 Å². The maximum absolute atomic E-state index is 12.2. The van der Waals surface area contributed by atoms with Crippen LogP contribution < -0.4 is 0 Å². The van der Waals surface area contributed by atoms with E-state index in [2.05, 4.69) is 24.2 Å². The highest BCUT2D eigenvalue weighted by atomic mass is 16.6. The van der Waals surface area contributed by atoms with Crippen molar-refractivity contribution in [2.45, 2.75) is 38.7 Å². The van der Waals surface area contributed by atoms with Gasteiger partial charge in [0.1, 0.15) is 0 Å². The average Bonchev–Trinajstić information content (AvgIpc) is 2.85. The molecule has 0 N–H and O–H groups in total. The van der Waals surface area contributed by atoms with Gasteiger partial charge in [-0.25, -0.2) is 0 Å². The first-order valence-corrected chi connectivity index (χ1v) is 7.69. The van der Waals surface area contributed by atoms with Crippen molar-refractivity contribution >= 4 is 11.6 Å². The summed E-state index contributed by atoms with van der Waals surface area (Å²) in [4.78, 5) is 19.5. The number of carbonyl (C=O) groups excluding carboxylic acids is 1. The van der Waals surface area contributed by atoms with Crippen LogP contribution in [0, 0.1) is 12.8 Å². The summed E-state index contributed by atoms with van der Waals surface area (Å²) in [6, 6.07) is 8.20. The lowest BCUT2D eigenvalue weighted by Gasteiger charge is -2.30. The highest BCUT2D eigenvalue weighted by Crippen LogP contribution is 2.28. The Morgan fingerprint density at radius 2 is 2.14 bits per heavy atom. The highest BCUT2D eigenvalue weighted by molar-refractivity contribution is 6.02. The Hall–Kier alpha value is -1.84. The van der Waals surface area contributed by atoms with E-state index in [4.69, 9.17) is 4.84 Å². The summed E-state index contributed by atoms with van der Waals surface area (Å²) >= 11 is 0. The van der Waals surface area contributed by atoms with Gasteiger partial charge in [-0.05, 0) is 25.3 Å². The topological polar surface area (TPSA) is 41.9 Å². The van der Waals surface area contributed by atoms with Crippen LogP contribution in [0.5, 0.6) is 0 Å². The number of oxime groups is 1. The van der Waals surface area contributed by atoms with Crippen LogP contribution in [0.3, 0.4) is 0 Å². The first-order chi connectivity index (χ1) is 10.1. The normalized spacial score (nSPS) is 21.4. The van der Waals surface area contributed by atoms with Gasteiger partial charge < -0.3 is 9.74 Å². The zero-order valence-corrected chi connectivity index (χ0v) is 12.7. The second kappa shape index (κ2) is 5.88. The van der Waals surface area contributed by atoms with E-state index in [0.29, 0.717) is 6.54 Å². The molecule has 1 aliphatic heterocycles. The SMILES string of the molecule is Cc1ccccc1C1=NO[C@H](CN(C)C(=O)C2CCC2)C1. The zero-order chi connectivity index (χ0) is 14.8. The molecule has 112 valence electrons. The molecule has 1 aliphatic carbocycles. The van der Waals surface area contributed by atoms with Crippen molar-refractivity contribution in [2.75, 3.05) is 13.6 Å². The van der Waals surface area contributed by atoms with Crippen molar-refractivity contribution in [2.24, 2.45) is 11.1 Å². The van der Waals surface area contributed by atoms with Crippen molar-refractivity contribution in [3.63, 3.8) is 0 Å². The van der Waals surface area contributed by atoms with Crippen LogP contribution >= 0.6 is 0 Å². The van der Waals surface area contributed by atoms with Crippen LogP contribution in [-0.4, -0.2) is 36.2 Å². The first kappa shape index (κ1) is 14.1. The van der Waals surface area contributed by atoms with E-state index < -0.39 is 0 Å². The Balaban J connectivity index is 1.56. The fourth-order valence-electron chi connectivity index (χ4n) is 2.94. The molecule has 1 atom stereocenters. The maximum Gasteiger partial charge on any atom is 0.225 e. The number of aryl methyl sites for hydroxylation is 1. The van der Waals surface area contributed by atoms with Gasteiger partial charge >= 0.3 is 0 Å². The smallest absolute Gasteiger partial charge is 0.225 e. The molecule has 2 aliphatic rings. The van der Waals surface area contributed by atoms with E-state index in [1.807, 2.05) is 24.1 Å². The largest absolute Gasteiger partial charge is 0.390 e. The summed E-state index contributed by atoms with van der Waals surface area (Å²) in [6.45, 7) is 2.70. The van der Waals surface area contributed by atoms with Crippen LogP contribution in [0.2, 0.25) is 0 Å². The molecule has 0 saturated heterocycles. The number of hydrogen-bond donors (Lipinski definition) is 0. The van der Waals surface area contributed by atoms with Crippen LogP contribution in [0.15, 0.2) is 29.4 Å². The van der Waals surface area contributed by atoms with Crippen molar-refractivity contribution in [1.82, 2.24) is 4.90 Å². The van der Waals surface area contributed by atoms with Gasteiger partial charge in [0, 0.05) is 24.9 Å². The number of carbonyl (C=O) groups is 1. The summed E-state index contributed by atoms with van der Waals surface area (Å²) in [6.07, 6.45) is 4.02. The molecule has 1 heterocycles. The number of rotatable bonds is 4. The Labute approximate surface area is 125 Å². The van der Waals surface area contributed by atoms with Gasteiger partial charge in [-0.15, -0.1) is 0 Å². The van der Waals surface area contributed by atoms with Gasteiger partial charge in [0.25, 0.3) is 0 Å². The van der Waals surface area contributed by atoms with E-state index in [1.54, 1.807) is 0 Å². The summed E-state index contributed by atoms with van der Waals surface area (Å²) in [5.74, 6) is 0.502. The first-order valence-electron chi connectivity index (χ1n) is 7.69. The molecule has 0 spiro atoms. The zero-order valence-electron chi connectivity index (χ0n) is 12.7. The van der Waals surface area contributed by atoms with Crippen molar-refractivity contribution < 1.29 is 9.63 Å². The Kier molecular flexibility index (Phi) is 3.95. The van der Waals surface area contributed by atoms with Gasteiger partial charge in [-0.1, -0.05) is 35.8 Å². The van der Waals surface area contributed by atoms with E-state index in [9.17, 15) is 4.79 Å². The Bertz CT molecular complexity index is 564. The molecule has 1 amide bonds. The van der Waals surface area contributed by atoms with Crippen LogP contribution in [0.25, 0.3) is 0 Å². The molecule has 0 unspecified atom stereocenters. The van der Waals surface area contributed by atoms with Crippen LogP contribution in [0.1, 0.15) is 36.8 Å². The molecule has 1 saturated carbocycles. The third-order valence-corrected chi connectivity index (χ3v) is 4.50. The molecule has 0 bridgehead atoms. The van der Waals surface area contributed by atoms with Gasteiger partial charge in [0.05, 0.1) is 12.3 Å². The summed E-state index contributed by atoms with van der Waals surface area (Å²) in [7, 11) is 1.87. The second-order valence-electron chi connectivity index (χ2n) is 6.13. The van der Waals surface area contributed by atoms with Crippen molar-refractivity contribution in [3.8, 4) is 0 Å². The molecular formula is C17H22N2O2. The molecule has 1 aromatic carbocycles. The second-order valence-corrected chi connectivity index (χ2v) is 6.13. The quantitative estimate of drug-likeness (QED) is 0.854. The van der Waals surface area contributed by atoms with Crippen molar-refractivity contribution in [3.05, 3.63) is 35.4 Å². The molecule has 4 heteroatoms. The molecule has 0 aromatic heterocycles. The standard InChI is InChI=1S/C17H22N2O2/c1-12-6-3-4-9-15(12)16-10-14(21-18-16)11-19(2)17(20)13-7-5-8-13/h3-4,6,9,13-14H,5,7-8,10-11H2,1-2H3/t14-/m0/s1. The molecule has 3 rings (SSSR count). The number of likely N-dealkylation sites (N-methyl/N-ethyl adjacent to an activating group) is 1. The molecule has 21 heavy (non-hydrogen) atoms. The van der Waals surface area contributed by atoms with Crippen LogP contribution in [0.4, 0.5) is 0 Å². The third kappa shape index (κ3) is 2.94. The minimum Gasteiger partial charge on any atom is -0.390 e. The fraction of sp³-hybridized carbons (Fsp3) is 0.529. The molecular weight excluding hydrogens is 264 g/mol. The summed E-state index contributed by atoms with van der Waals surface area (Å²) in [5, 5.41) is 4.22. The van der Waals surface area contributed by atoms with E-state index in [1.165, 1.54) is 12.0 Å². The predicted molar refractivity (Wildman–Crippen MR) is 82.2 cm³/mol. The number of nitrogens with zero attached hydrogens (tertiary/aromatic N) is 2. The average molecular weight is 286 g/mol. The lowest BCUT2D eigenvalue weighted by atomic mass is 9.84. The summed E-state index contributed by atoms with van der Waals surface area (Å²) in [5.41, 5.74) is 3.34. The lowest BCUT2D eigenvalue weighted by Crippen LogP contribution is -2.40. The third-order valence-electron chi connectivity index (χ3n) is 4.50. The maximum atomic E-state index is 12.2. The lowest BCUT2D eigenvalue weighted by molar-refractivity contribution is -0.138. The summed E-state index contributed by atoms with van der Waals surface area (Å²) < 4.78 is 0. The minimum atomic E-state index is -0.0198. The molecule has 4 nitrogen and oxygen atoms in total. The van der Waals surface area contributed by atoms with Crippen molar-refractivity contribution in [1.29, 1.82) is 0 Å². The number of amides is 1. The Morgan fingerprint density at radius 1 is 1.38 bits per heavy atom. The van der Waals surface area contributed by atoms with E-state index >= 15 is 0 Å². The number of hydrogen-bond acceptors (Lipinski definition) is 3.